The molecule has 0 fully saturated rings. The van der Waals surface area contributed by atoms with Gasteiger partial charge in [0.05, 0.1) is 18.6 Å². The van der Waals surface area contributed by atoms with Gasteiger partial charge in [-0.15, -0.1) is 0 Å². The fourth-order valence-electron chi connectivity index (χ4n) is 2.70. The summed E-state index contributed by atoms with van der Waals surface area (Å²) in [7, 11) is 0. The summed E-state index contributed by atoms with van der Waals surface area (Å²) in [6.45, 7) is 1.33. The Labute approximate surface area is 118 Å². The minimum absolute atomic E-state index is 0.528. The fourth-order valence-corrected chi connectivity index (χ4v) is 2.96. The van der Waals surface area contributed by atoms with Crippen LogP contribution in [0.5, 0.6) is 0 Å². The summed E-state index contributed by atoms with van der Waals surface area (Å²) in [6.07, 6.45) is 6.72. The molecule has 3 nitrogen and oxygen atoms in total. The van der Waals surface area contributed by atoms with Crippen molar-refractivity contribution in [2.24, 2.45) is 5.73 Å². The largest absolute Gasteiger partial charge is 0.330 e. The first-order chi connectivity index (χ1) is 9.28. The molecule has 0 saturated heterocycles. The van der Waals surface area contributed by atoms with E-state index in [4.69, 9.17) is 17.3 Å². The van der Waals surface area contributed by atoms with Crippen molar-refractivity contribution in [3.8, 4) is 0 Å². The van der Waals surface area contributed by atoms with Gasteiger partial charge in [0.15, 0.2) is 0 Å². The first-order valence-electron chi connectivity index (χ1n) is 6.78. The summed E-state index contributed by atoms with van der Waals surface area (Å²) in [4.78, 5) is 4.52. The molecular formula is C15H18ClN3. The van der Waals surface area contributed by atoms with Crippen molar-refractivity contribution in [2.45, 2.75) is 38.8 Å². The van der Waals surface area contributed by atoms with Crippen molar-refractivity contribution in [1.29, 1.82) is 0 Å². The van der Waals surface area contributed by atoms with Crippen LogP contribution in [0.4, 0.5) is 0 Å². The van der Waals surface area contributed by atoms with Crippen molar-refractivity contribution < 1.29 is 0 Å². The number of benzene rings is 1. The molecule has 1 aliphatic carbocycles. The molecule has 0 saturated carbocycles. The van der Waals surface area contributed by atoms with Gasteiger partial charge in [0.1, 0.15) is 0 Å². The van der Waals surface area contributed by atoms with Crippen molar-refractivity contribution >= 4 is 11.6 Å². The van der Waals surface area contributed by atoms with Gasteiger partial charge in [0.2, 0.25) is 0 Å². The van der Waals surface area contributed by atoms with Crippen LogP contribution in [-0.2, 0) is 25.9 Å². The van der Waals surface area contributed by atoms with E-state index in [-0.39, 0.29) is 0 Å². The Hall–Kier alpha value is -1.32. The van der Waals surface area contributed by atoms with E-state index in [0.29, 0.717) is 6.54 Å². The molecule has 0 amide bonds. The highest BCUT2D eigenvalue weighted by molar-refractivity contribution is 6.31. The first-order valence-corrected chi connectivity index (χ1v) is 7.16. The van der Waals surface area contributed by atoms with E-state index in [2.05, 4.69) is 15.6 Å². The quantitative estimate of drug-likeness (QED) is 0.936. The molecule has 3 rings (SSSR count). The molecule has 2 aromatic rings. The lowest BCUT2D eigenvalue weighted by molar-refractivity contribution is 0.628. The smallest absolute Gasteiger partial charge is 0.0954 e. The van der Waals surface area contributed by atoms with E-state index in [0.717, 1.165) is 35.5 Å². The average molecular weight is 276 g/mol. The van der Waals surface area contributed by atoms with Gasteiger partial charge in [-0.3, -0.25) is 0 Å². The maximum absolute atomic E-state index is 6.32. The Morgan fingerprint density at radius 2 is 2.11 bits per heavy atom. The Kier molecular flexibility index (Phi) is 3.58. The molecule has 1 heterocycles. The normalized spacial score (nSPS) is 14.4. The van der Waals surface area contributed by atoms with E-state index in [9.17, 15) is 0 Å². The molecule has 2 N–H and O–H groups in total. The lowest BCUT2D eigenvalue weighted by atomic mass is 10.0. The minimum atomic E-state index is 0.528. The van der Waals surface area contributed by atoms with Crippen molar-refractivity contribution in [3.05, 3.63) is 52.1 Å². The molecule has 4 heteroatoms. The van der Waals surface area contributed by atoms with Crippen molar-refractivity contribution in [3.63, 3.8) is 0 Å². The number of hydrogen-bond acceptors (Lipinski definition) is 2. The zero-order valence-electron chi connectivity index (χ0n) is 10.9. The number of halogens is 1. The SMILES string of the molecule is NCc1ccc(Cn2cnc3c2CCCC3)c(Cl)c1. The number of imidazole rings is 1. The summed E-state index contributed by atoms with van der Waals surface area (Å²) >= 11 is 6.32. The average Bonchev–Trinajstić information content (AvgIpc) is 2.84. The molecule has 19 heavy (non-hydrogen) atoms. The van der Waals surface area contributed by atoms with Gasteiger partial charge >= 0.3 is 0 Å². The van der Waals surface area contributed by atoms with Crippen LogP contribution in [0.15, 0.2) is 24.5 Å². The van der Waals surface area contributed by atoms with E-state index in [1.54, 1.807) is 0 Å². The molecule has 0 unspecified atom stereocenters. The fraction of sp³-hybridized carbons (Fsp3) is 0.400. The molecule has 100 valence electrons. The summed E-state index contributed by atoms with van der Waals surface area (Å²) < 4.78 is 2.23. The monoisotopic (exact) mass is 275 g/mol. The second-order valence-electron chi connectivity index (χ2n) is 5.10. The Morgan fingerprint density at radius 1 is 1.26 bits per heavy atom. The van der Waals surface area contributed by atoms with Gasteiger partial charge in [-0.1, -0.05) is 23.7 Å². The van der Waals surface area contributed by atoms with Gasteiger partial charge in [-0.25, -0.2) is 4.98 Å². The van der Waals surface area contributed by atoms with Gasteiger partial charge < -0.3 is 10.3 Å². The van der Waals surface area contributed by atoms with E-state index in [1.807, 2.05) is 18.5 Å². The zero-order valence-corrected chi connectivity index (χ0v) is 11.7. The van der Waals surface area contributed by atoms with Crippen LogP contribution in [0.1, 0.15) is 35.4 Å². The summed E-state index contributed by atoms with van der Waals surface area (Å²) in [6, 6.07) is 6.07. The van der Waals surface area contributed by atoms with Crippen LogP contribution in [0, 0.1) is 0 Å². The second kappa shape index (κ2) is 5.35. The van der Waals surface area contributed by atoms with Crippen molar-refractivity contribution in [2.75, 3.05) is 0 Å². The summed E-state index contributed by atoms with van der Waals surface area (Å²) in [5.74, 6) is 0. The maximum Gasteiger partial charge on any atom is 0.0954 e. The van der Waals surface area contributed by atoms with Crippen LogP contribution in [-0.4, -0.2) is 9.55 Å². The van der Waals surface area contributed by atoms with Crippen LogP contribution in [0.3, 0.4) is 0 Å². The number of nitrogens with zero attached hydrogens (tertiary/aromatic N) is 2. The zero-order chi connectivity index (χ0) is 13.2. The first kappa shape index (κ1) is 12.7. The minimum Gasteiger partial charge on any atom is -0.330 e. The second-order valence-corrected chi connectivity index (χ2v) is 5.51. The standard InChI is InChI=1S/C15H18ClN3/c16-13-7-11(8-17)5-6-12(13)9-19-10-18-14-3-1-2-4-15(14)19/h5-7,10H,1-4,8-9,17H2. The molecule has 1 aromatic heterocycles. The highest BCUT2D eigenvalue weighted by Gasteiger charge is 2.15. The Bertz CT molecular complexity index is 589. The lowest BCUT2D eigenvalue weighted by Crippen LogP contribution is -2.09. The van der Waals surface area contributed by atoms with Gasteiger partial charge in [-0.2, -0.15) is 0 Å². The molecular weight excluding hydrogens is 258 g/mol. The van der Waals surface area contributed by atoms with E-state index >= 15 is 0 Å². The van der Waals surface area contributed by atoms with E-state index in [1.165, 1.54) is 24.2 Å². The molecule has 0 spiro atoms. The lowest BCUT2D eigenvalue weighted by Gasteiger charge is -2.15. The number of aromatic nitrogens is 2. The maximum atomic E-state index is 6.32. The predicted octanol–water partition coefficient (Wildman–Crippen LogP) is 2.92. The third-order valence-electron chi connectivity index (χ3n) is 3.80. The molecule has 1 aromatic carbocycles. The number of nitrogens with two attached hydrogens (primary N) is 1. The molecule has 0 aliphatic heterocycles. The summed E-state index contributed by atoms with van der Waals surface area (Å²) in [5.41, 5.74) is 10.5. The van der Waals surface area contributed by atoms with Gasteiger partial charge in [0, 0.05) is 17.3 Å². The number of fused-ring (bicyclic) bond motifs is 1. The third kappa shape index (κ3) is 2.53. The summed E-state index contributed by atoms with van der Waals surface area (Å²) in [5, 5.41) is 0.793. The van der Waals surface area contributed by atoms with Crippen molar-refractivity contribution in [1.82, 2.24) is 9.55 Å². The van der Waals surface area contributed by atoms with Crippen LogP contribution in [0.25, 0.3) is 0 Å². The molecule has 0 radical (unpaired) electrons. The van der Waals surface area contributed by atoms with E-state index < -0.39 is 0 Å². The topological polar surface area (TPSA) is 43.8 Å². The molecule has 0 bridgehead atoms. The predicted molar refractivity (Wildman–Crippen MR) is 77.3 cm³/mol. The number of aryl methyl sites for hydroxylation is 1. The Morgan fingerprint density at radius 3 is 2.89 bits per heavy atom. The van der Waals surface area contributed by atoms with Gasteiger partial charge in [-0.05, 0) is 42.9 Å². The molecule has 0 atom stereocenters. The van der Waals surface area contributed by atoms with Crippen LogP contribution < -0.4 is 5.73 Å². The molecule has 1 aliphatic rings. The highest BCUT2D eigenvalue weighted by Crippen LogP contribution is 2.23. The van der Waals surface area contributed by atoms with Gasteiger partial charge in [0.25, 0.3) is 0 Å². The van der Waals surface area contributed by atoms with Crippen LogP contribution in [0.2, 0.25) is 5.02 Å². The number of rotatable bonds is 3. The third-order valence-corrected chi connectivity index (χ3v) is 4.16. The number of hydrogen-bond donors (Lipinski definition) is 1. The highest BCUT2D eigenvalue weighted by atomic mass is 35.5. The van der Waals surface area contributed by atoms with Crippen LogP contribution >= 0.6 is 11.6 Å². The Balaban J connectivity index is 1.87.